The third-order valence-electron chi connectivity index (χ3n) is 7.73. The number of carbonyl (C=O) groups is 1. The van der Waals surface area contributed by atoms with E-state index in [4.69, 9.17) is 33.8 Å². The zero-order chi connectivity index (χ0) is 35.8. The highest BCUT2D eigenvalue weighted by atomic mass is 16.2. The summed E-state index contributed by atoms with van der Waals surface area (Å²) in [5.74, 6) is 0.998. The molecule has 0 aliphatic carbocycles. The first-order chi connectivity index (χ1) is 23.1. The van der Waals surface area contributed by atoms with Crippen LogP contribution >= 0.6 is 0 Å². The minimum atomic E-state index is 0.152. The second-order valence-corrected chi connectivity index (χ2v) is 12.4. The fraction of sp³-hybridized carbons (Fsp3) is 0.794. The van der Waals surface area contributed by atoms with Gasteiger partial charge in [-0.15, -0.1) is 0 Å². The first-order valence-corrected chi connectivity index (χ1v) is 18.1. The van der Waals surface area contributed by atoms with Crippen LogP contribution in [0.5, 0.6) is 0 Å². The smallest absolute Gasteiger partial charge is 0.222 e. The summed E-state index contributed by atoms with van der Waals surface area (Å²) in [4.78, 5) is 31.8. The lowest BCUT2D eigenvalue weighted by Crippen LogP contribution is -2.42. The molecule has 0 bridgehead atoms. The van der Waals surface area contributed by atoms with Gasteiger partial charge in [-0.25, -0.2) is 0 Å². The normalized spacial score (nSPS) is 12.6. The Morgan fingerprint density at radius 2 is 1.02 bits per heavy atom. The summed E-state index contributed by atoms with van der Waals surface area (Å²) in [5.41, 5.74) is 24.7. The van der Waals surface area contributed by atoms with Gasteiger partial charge in [0.25, 0.3) is 0 Å². The molecule has 0 aromatic heterocycles. The third kappa shape index (κ3) is 28.5. The van der Waals surface area contributed by atoms with Gasteiger partial charge < -0.3 is 38.7 Å². The highest BCUT2D eigenvalue weighted by Gasteiger charge is 2.13. The maximum absolute atomic E-state index is 13.1. The summed E-state index contributed by atoms with van der Waals surface area (Å²) in [7, 11) is 1.56. The Labute approximate surface area is 290 Å². The van der Waals surface area contributed by atoms with E-state index in [1.807, 2.05) is 4.90 Å². The van der Waals surface area contributed by atoms with Crippen molar-refractivity contribution >= 4 is 41.2 Å². The number of hydrogen-bond donors (Lipinski definition) is 8. The van der Waals surface area contributed by atoms with Gasteiger partial charge in [-0.1, -0.05) is 77.6 Å². The number of carbonyl (C=O) groups excluding carboxylic acids is 1. The molecule has 0 atom stereocenters. The van der Waals surface area contributed by atoms with Crippen LogP contribution in [0.3, 0.4) is 0 Å². The van der Waals surface area contributed by atoms with E-state index in [0.717, 1.165) is 51.4 Å². The van der Waals surface area contributed by atoms with Gasteiger partial charge in [0.2, 0.25) is 5.91 Å². The van der Waals surface area contributed by atoms with Gasteiger partial charge >= 0.3 is 0 Å². The number of rotatable bonds is 28. The molecule has 1 amide bonds. The number of nitrogens with zero attached hydrogens (tertiary/aromatic N) is 5. The molecule has 14 heteroatoms. The number of aliphatic imine (C=N–C) groups is 4. The average Bonchev–Trinajstić information content (AvgIpc) is 3.03. The van der Waals surface area contributed by atoms with Gasteiger partial charge in [-0.05, 0) is 45.4 Å². The molecule has 48 heavy (non-hydrogen) atoms. The van der Waals surface area contributed by atoms with Crippen LogP contribution in [-0.2, 0) is 4.79 Å². The van der Waals surface area contributed by atoms with Crippen LogP contribution in [0.25, 0.3) is 0 Å². The minimum Gasteiger partial charge on any atom is -0.370 e. The third-order valence-corrected chi connectivity index (χ3v) is 7.73. The van der Waals surface area contributed by atoms with E-state index in [1.54, 1.807) is 14.0 Å². The van der Waals surface area contributed by atoms with Crippen LogP contribution in [0.2, 0.25) is 0 Å². The van der Waals surface area contributed by atoms with Crippen molar-refractivity contribution in [3.05, 3.63) is 0 Å². The maximum atomic E-state index is 13.1. The Hall–Kier alpha value is -3.71. The monoisotopic (exact) mass is 676 g/mol. The molecular formula is C34H69N13O. The fourth-order valence-corrected chi connectivity index (χ4v) is 5.05. The lowest BCUT2D eigenvalue weighted by atomic mass is 10.1. The first-order valence-electron chi connectivity index (χ1n) is 18.1. The second-order valence-electron chi connectivity index (χ2n) is 12.4. The molecule has 0 spiro atoms. The van der Waals surface area contributed by atoms with Gasteiger partial charge in [0.1, 0.15) is 0 Å². The molecule has 0 heterocycles. The Bertz CT molecular complexity index is 1010. The number of nitrogens with two attached hydrogens (primary N) is 4. The van der Waals surface area contributed by atoms with Crippen LogP contribution in [0, 0.1) is 10.8 Å². The molecule has 0 aromatic carbocycles. The molecule has 14 nitrogen and oxygen atoms in total. The summed E-state index contributed by atoms with van der Waals surface area (Å²) in [6.07, 6.45) is 19.2. The molecule has 0 unspecified atom stereocenters. The molecule has 0 fully saturated rings. The minimum absolute atomic E-state index is 0.152. The van der Waals surface area contributed by atoms with Gasteiger partial charge in [-0.2, -0.15) is 0 Å². The van der Waals surface area contributed by atoms with Gasteiger partial charge in [0.15, 0.2) is 23.8 Å². The zero-order valence-electron chi connectivity index (χ0n) is 30.4. The van der Waals surface area contributed by atoms with E-state index in [2.05, 4.69) is 37.5 Å². The van der Waals surface area contributed by atoms with Crippen molar-refractivity contribution < 1.29 is 4.79 Å². The first kappa shape index (κ1) is 44.3. The average molecular weight is 676 g/mol. The Kier molecular flexibility index (Phi) is 28.2. The van der Waals surface area contributed by atoms with Crippen molar-refractivity contribution in [3.8, 4) is 0 Å². The number of guanidine groups is 4. The fourth-order valence-electron chi connectivity index (χ4n) is 5.05. The van der Waals surface area contributed by atoms with Crippen molar-refractivity contribution in [2.45, 2.75) is 136 Å². The standard InChI is InChI=1S/C34H69N13O/c1-4-5-6-7-8-9-10-13-16-21-30(48)47(25-18-23-43-32(38)45-31(37)41-3)26-19-24-44-34(40)46-33(39)42-22-17-14-11-12-15-20-29(36)27-28(2)35/h35-36H,4-27H2,1-3H3,(H5,37,38,41,43,45)(H5,39,40,42,44,46). The molecule has 0 aliphatic rings. The molecular weight excluding hydrogens is 606 g/mol. The van der Waals surface area contributed by atoms with Crippen LogP contribution in [0.1, 0.15) is 136 Å². The maximum Gasteiger partial charge on any atom is 0.222 e. The van der Waals surface area contributed by atoms with E-state index in [9.17, 15) is 4.79 Å². The Morgan fingerprint density at radius 1 is 0.604 bits per heavy atom. The quantitative estimate of drug-likeness (QED) is 0.0337. The molecule has 0 saturated carbocycles. The van der Waals surface area contributed by atoms with Crippen LogP contribution in [0.15, 0.2) is 20.0 Å². The second kappa shape index (κ2) is 30.6. The van der Waals surface area contributed by atoms with Crippen LogP contribution < -0.4 is 33.6 Å². The van der Waals surface area contributed by atoms with Crippen molar-refractivity contribution in [3.63, 3.8) is 0 Å². The molecule has 0 aromatic rings. The lowest BCUT2D eigenvalue weighted by Gasteiger charge is -2.22. The molecule has 276 valence electrons. The summed E-state index contributed by atoms with van der Waals surface area (Å²) < 4.78 is 0. The van der Waals surface area contributed by atoms with E-state index in [1.165, 1.54) is 44.9 Å². The Morgan fingerprint density at radius 3 is 1.50 bits per heavy atom. The molecule has 0 radical (unpaired) electrons. The zero-order valence-corrected chi connectivity index (χ0v) is 30.4. The van der Waals surface area contributed by atoms with Crippen molar-refractivity contribution in [2.75, 3.05) is 39.8 Å². The van der Waals surface area contributed by atoms with E-state index < -0.39 is 0 Å². The van der Waals surface area contributed by atoms with Gasteiger partial charge in [0, 0.05) is 64.0 Å². The number of unbranched alkanes of at least 4 members (excludes halogenated alkanes) is 12. The number of amides is 1. The van der Waals surface area contributed by atoms with E-state index >= 15 is 0 Å². The summed E-state index contributed by atoms with van der Waals surface area (Å²) >= 11 is 0. The molecule has 0 saturated heterocycles. The highest BCUT2D eigenvalue weighted by Crippen LogP contribution is 2.12. The predicted molar refractivity (Wildman–Crippen MR) is 204 cm³/mol. The van der Waals surface area contributed by atoms with Gasteiger partial charge in [0.05, 0.1) is 0 Å². The Balaban J connectivity index is 4.56. The topological polar surface area (TPSA) is 246 Å². The largest absolute Gasteiger partial charge is 0.370 e. The summed E-state index contributed by atoms with van der Waals surface area (Å²) in [6, 6.07) is 0. The van der Waals surface area contributed by atoms with Crippen LogP contribution in [0.4, 0.5) is 0 Å². The van der Waals surface area contributed by atoms with Crippen LogP contribution in [-0.4, -0.2) is 85.8 Å². The predicted octanol–water partition coefficient (Wildman–Crippen LogP) is 4.37. The van der Waals surface area contributed by atoms with Gasteiger partial charge in [-0.3, -0.25) is 35.4 Å². The lowest BCUT2D eigenvalue weighted by molar-refractivity contribution is -0.131. The van der Waals surface area contributed by atoms with E-state index in [0.29, 0.717) is 69.8 Å². The SMILES string of the molecule is CCCCCCCCCCCC(=O)N(CCCN=C(N)NC(N)=NC)CCCN=C(N)NC(N)=NCCCCCCCC(=N)CC(C)=N. The molecule has 12 N–H and O–H groups in total. The summed E-state index contributed by atoms with van der Waals surface area (Å²) in [6.45, 7) is 6.66. The number of hydrogen-bond acceptors (Lipinski definition) is 7. The summed E-state index contributed by atoms with van der Waals surface area (Å²) in [5, 5.41) is 20.9. The van der Waals surface area contributed by atoms with Crippen molar-refractivity contribution in [2.24, 2.45) is 42.9 Å². The molecule has 0 rings (SSSR count). The van der Waals surface area contributed by atoms with E-state index in [-0.39, 0.29) is 29.7 Å². The highest BCUT2D eigenvalue weighted by molar-refractivity contribution is 6.00. The van der Waals surface area contributed by atoms with Crippen molar-refractivity contribution in [1.82, 2.24) is 15.5 Å². The van der Waals surface area contributed by atoms with Crippen molar-refractivity contribution in [1.29, 1.82) is 10.8 Å². The molecule has 0 aliphatic heterocycles. The number of nitrogens with one attached hydrogen (secondary N) is 4.